The van der Waals surface area contributed by atoms with Crippen LogP contribution < -0.4 is 9.67 Å². The topological polar surface area (TPSA) is 72.0 Å². The Morgan fingerprint density at radius 2 is 1.55 bits per heavy atom. The van der Waals surface area contributed by atoms with Gasteiger partial charge in [-0.1, -0.05) is 49.4 Å². The summed E-state index contributed by atoms with van der Waals surface area (Å²) < 4.78 is 2.08. The number of carbonyl (C=O) groups excluding carboxylic acids is 1. The molecule has 0 unspecified atom stereocenters. The van der Waals surface area contributed by atoms with Gasteiger partial charge in [0.15, 0.2) is 0 Å². The molecule has 0 spiro atoms. The fraction of sp³-hybridized carbons (Fsp3) is 0.333. The third kappa shape index (κ3) is 8.03. The Hall–Kier alpha value is -2.90. The van der Waals surface area contributed by atoms with E-state index < -0.39 is 5.97 Å². The van der Waals surface area contributed by atoms with Crippen molar-refractivity contribution in [2.75, 3.05) is 6.54 Å². The first-order valence-electron chi connectivity index (χ1n) is 10.2. The lowest BCUT2D eigenvalue weighted by molar-refractivity contribution is -0.660. The number of aromatic nitrogens is 1. The molecule has 0 aliphatic rings. The zero-order valence-electron chi connectivity index (χ0n) is 18.8. The zero-order valence-corrected chi connectivity index (χ0v) is 19.6. The van der Waals surface area contributed by atoms with Crippen molar-refractivity contribution in [2.24, 2.45) is 17.3 Å². The number of rotatable bonds is 7. The molecule has 31 heavy (non-hydrogen) atoms. The number of hydrogen-bond acceptors (Lipinski definition) is 6. The highest BCUT2D eigenvalue weighted by molar-refractivity contribution is 7.14. The third-order valence-electron chi connectivity index (χ3n) is 4.83. The first-order valence-corrected chi connectivity index (χ1v) is 11.0. The summed E-state index contributed by atoms with van der Waals surface area (Å²) in [5, 5.41) is 18.6. The van der Waals surface area contributed by atoms with Crippen molar-refractivity contribution < 1.29 is 14.5 Å². The van der Waals surface area contributed by atoms with E-state index >= 15 is 0 Å². The normalized spacial score (nSPS) is 10.9. The van der Waals surface area contributed by atoms with Crippen LogP contribution in [0.4, 0.5) is 10.8 Å². The van der Waals surface area contributed by atoms with Crippen LogP contribution >= 0.6 is 11.3 Å². The SMILES string of the molecule is CC(=O)[O-].CCN(Cc1ccccc1)Cc1ccc(N=Nc2sc(C)c(C)[n+]2C)cc1. The van der Waals surface area contributed by atoms with E-state index in [4.69, 9.17) is 9.90 Å². The van der Waals surface area contributed by atoms with Crippen LogP contribution in [0.25, 0.3) is 0 Å². The molecule has 6 nitrogen and oxygen atoms in total. The molecule has 0 N–H and O–H groups in total. The summed E-state index contributed by atoms with van der Waals surface area (Å²) >= 11 is 1.67. The maximum Gasteiger partial charge on any atom is 0.408 e. The summed E-state index contributed by atoms with van der Waals surface area (Å²) in [7, 11) is 2.03. The Labute approximate surface area is 188 Å². The lowest BCUT2D eigenvalue weighted by Crippen LogP contribution is -2.28. The van der Waals surface area contributed by atoms with Gasteiger partial charge in [0.05, 0.1) is 17.0 Å². The fourth-order valence-corrected chi connectivity index (χ4v) is 3.81. The van der Waals surface area contributed by atoms with E-state index in [1.54, 1.807) is 11.3 Å². The molecule has 0 atom stereocenters. The van der Waals surface area contributed by atoms with Crippen molar-refractivity contribution >= 4 is 28.1 Å². The third-order valence-corrected chi connectivity index (χ3v) is 5.97. The van der Waals surface area contributed by atoms with Crippen molar-refractivity contribution in [3.8, 4) is 0 Å². The zero-order chi connectivity index (χ0) is 22.8. The minimum Gasteiger partial charge on any atom is -0.550 e. The summed E-state index contributed by atoms with van der Waals surface area (Å²) in [6.45, 7) is 10.3. The Morgan fingerprint density at radius 3 is 2.03 bits per heavy atom. The number of carbonyl (C=O) groups is 1. The summed E-state index contributed by atoms with van der Waals surface area (Å²) in [6, 6.07) is 19.0. The molecule has 0 saturated carbocycles. The van der Waals surface area contributed by atoms with Crippen LogP contribution in [-0.4, -0.2) is 17.4 Å². The van der Waals surface area contributed by atoms with Crippen LogP contribution in [0.1, 0.15) is 35.5 Å². The molecule has 1 aromatic heterocycles. The van der Waals surface area contributed by atoms with Crippen molar-refractivity contribution in [2.45, 2.75) is 40.8 Å². The second-order valence-electron chi connectivity index (χ2n) is 7.23. The molecule has 164 valence electrons. The number of thiazole rings is 1. The van der Waals surface area contributed by atoms with Gasteiger partial charge in [0.1, 0.15) is 11.4 Å². The van der Waals surface area contributed by atoms with Gasteiger partial charge in [-0.15, -0.1) is 0 Å². The number of azo groups is 1. The number of aryl methyl sites for hydroxylation is 1. The molecular formula is C24H30N4O2S. The van der Waals surface area contributed by atoms with E-state index in [9.17, 15) is 0 Å². The maximum atomic E-state index is 8.89. The molecule has 7 heteroatoms. The van der Waals surface area contributed by atoms with E-state index in [0.717, 1.165) is 37.4 Å². The molecule has 0 radical (unpaired) electrons. The summed E-state index contributed by atoms with van der Waals surface area (Å²) in [5.74, 6) is -1.08. The highest BCUT2D eigenvalue weighted by atomic mass is 32.1. The van der Waals surface area contributed by atoms with Crippen LogP contribution in [0.15, 0.2) is 64.8 Å². The summed E-state index contributed by atoms with van der Waals surface area (Å²) in [4.78, 5) is 12.6. The van der Waals surface area contributed by atoms with E-state index in [1.807, 2.05) is 19.2 Å². The first-order chi connectivity index (χ1) is 14.8. The predicted octanol–water partition coefficient (Wildman–Crippen LogP) is 4.38. The van der Waals surface area contributed by atoms with Crippen LogP contribution in [-0.2, 0) is 24.9 Å². The number of carboxylic acid groups (broad SMARTS) is 1. The molecule has 2 aromatic carbocycles. The molecule has 0 amide bonds. The Morgan fingerprint density at radius 1 is 1.00 bits per heavy atom. The average molecular weight is 439 g/mol. The fourth-order valence-electron chi connectivity index (χ4n) is 2.89. The molecule has 3 aromatic rings. The number of benzene rings is 2. The van der Waals surface area contributed by atoms with Gasteiger partial charge in [-0.25, -0.2) is 4.57 Å². The maximum absolute atomic E-state index is 8.89. The molecule has 0 aliphatic heterocycles. The second-order valence-corrected chi connectivity index (χ2v) is 8.41. The van der Waals surface area contributed by atoms with E-state index in [-0.39, 0.29) is 0 Å². The molecule has 0 saturated heterocycles. The highest BCUT2D eigenvalue weighted by Gasteiger charge is 2.15. The van der Waals surface area contributed by atoms with Gasteiger partial charge in [0, 0.05) is 19.1 Å². The van der Waals surface area contributed by atoms with Gasteiger partial charge < -0.3 is 9.90 Å². The molecular weight excluding hydrogens is 408 g/mol. The van der Waals surface area contributed by atoms with Crippen LogP contribution in [0, 0.1) is 13.8 Å². The van der Waals surface area contributed by atoms with Gasteiger partial charge in [-0.3, -0.25) is 4.90 Å². The highest BCUT2D eigenvalue weighted by Crippen LogP contribution is 2.24. The first kappa shape index (κ1) is 24.4. The van der Waals surface area contributed by atoms with Crippen molar-refractivity contribution in [1.29, 1.82) is 0 Å². The second kappa shape index (κ2) is 12.1. The molecule has 0 bridgehead atoms. The van der Waals surface area contributed by atoms with Crippen molar-refractivity contribution in [3.63, 3.8) is 0 Å². The molecule has 3 rings (SSSR count). The largest absolute Gasteiger partial charge is 0.550 e. The quantitative estimate of drug-likeness (QED) is 0.406. The molecule has 0 aliphatic carbocycles. The lowest BCUT2D eigenvalue weighted by Gasteiger charge is -2.20. The van der Waals surface area contributed by atoms with Crippen LogP contribution in [0.2, 0.25) is 0 Å². The average Bonchev–Trinajstić information content (AvgIpc) is 2.99. The van der Waals surface area contributed by atoms with E-state index in [0.29, 0.717) is 0 Å². The number of hydrogen-bond donors (Lipinski definition) is 0. The Balaban J connectivity index is 0.000000785. The summed E-state index contributed by atoms with van der Waals surface area (Å²) in [6.07, 6.45) is 0. The van der Waals surface area contributed by atoms with Crippen molar-refractivity contribution in [3.05, 3.63) is 76.3 Å². The lowest BCUT2D eigenvalue weighted by atomic mass is 10.1. The van der Waals surface area contributed by atoms with E-state index in [2.05, 4.69) is 82.9 Å². The Kier molecular flexibility index (Phi) is 9.49. The number of aliphatic carboxylic acids is 1. The van der Waals surface area contributed by atoms with Gasteiger partial charge in [-0.05, 0) is 67.0 Å². The van der Waals surface area contributed by atoms with Gasteiger partial charge >= 0.3 is 5.13 Å². The van der Waals surface area contributed by atoms with Gasteiger partial charge in [-0.2, -0.15) is 0 Å². The van der Waals surface area contributed by atoms with Gasteiger partial charge in [0.25, 0.3) is 0 Å². The van der Waals surface area contributed by atoms with Crippen LogP contribution in [0.3, 0.4) is 0 Å². The van der Waals surface area contributed by atoms with Gasteiger partial charge in [0.2, 0.25) is 0 Å². The minimum atomic E-state index is -1.08. The molecule has 0 fully saturated rings. The summed E-state index contributed by atoms with van der Waals surface area (Å²) in [5.41, 5.74) is 4.76. The number of nitrogens with zero attached hydrogens (tertiary/aromatic N) is 4. The standard InChI is InChI=1S/C22H27N4S.C2H4O2/c1-5-26(15-19-9-7-6-8-10-19)16-20-11-13-21(14-12-20)23-24-22-25(4)17(2)18(3)27-22;1-2(3)4/h6-14H,5,15-16H2,1-4H3;1H3,(H,3,4)/q+1;/p-1. The van der Waals surface area contributed by atoms with Crippen molar-refractivity contribution in [1.82, 2.24) is 4.90 Å². The predicted molar refractivity (Wildman–Crippen MR) is 122 cm³/mol. The Bertz CT molecular complexity index is 994. The minimum absolute atomic E-state index is 0.883. The smallest absolute Gasteiger partial charge is 0.408 e. The number of carboxylic acids is 1. The molecule has 1 heterocycles. The van der Waals surface area contributed by atoms with E-state index in [1.165, 1.54) is 21.7 Å². The van der Waals surface area contributed by atoms with Crippen LogP contribution in [0.5, 0.6) is 0 Å². The monoisotopic (exact) mass is 438 g/mol.